The number of aromatic nitrogens is 6. The average molecular weight is 395 g/mol. The fraction of sp³-hybridized carbons (Fsp3) is 0.333. The number of amides is 1. The Morgan fingerprint density at radius 3 is 3.11 bits per heavy atom. The summed E-state index contributed by atoms with van der Waals surface area (Å²) in [4.78, 5) is 42.3. The Bertz CT molecular complexity index is 1110. The molecule has 1 N–H and O–H groups in total. The van der Waals surface area contributed by atoms with Gasteiger partial charge in [0.1, 0.15) is 24.3 Å². The number of thioether (sulfide) groups is 1. The van der Waals surface area contributed by atoms with E-state index in [1.807, 2.05) is 0 Å². The molecule has 4 heterocycles. The largest absolute Gasteiger partial charge is 0.310 e. The molecule has 3 aromatic heterocycles. The van der Waals surface area contributed by atoms with Crippen molar-refractivity contribution in [3.63, 3.8) is 0 Å². The van der Waals surface area contributed by atoms with Crippen LogP contribution < -0.4 is 10.9 Å². The Morgan fingerprint density at radius 2 is 2.25 bits per heavy atom. The topological polar surface area (TPSA) is 108 Å². The van der Waals surface area contributed by atoms with E-state index >= 15 is 0 Å². The molecule has 0 fully saturated rings. The van der Waals surface area contributed by atoms with Crippen molar-refractivity contribution in [3.8, 4) is 5.82 Å². The van der Waals surface area contributed by atoms with Crippen LogP contribution in [-0.4, -0.2) is 40.7 Å². The third-order valence-electron chi connectivity index (χ3n) is 4.98. The van der Waals surface area contributed by atoms with Gasteiger partial charge in [-0.2, -0.15) is 0 Å². The molecular formula is C18H17N7O2S. The van der Waals surface area contributed by atoms with Crippen LogP contribution in [0.25, 0.3) is 5.82 Å². The van der Waals surface area contributed by atoms with E-state index in [9.17, 15) is 9.59 Å². The molecule has 2 aliphatic rings. The Labute approximate surface area is 164 Å². The molecule has 9 nitrogen and oxygen atoms in total. The molecule has 0 bridgehead atoms. The second-order valence-electron chi connectivity index (χ2n) is 6.80. The van der Waals surface area contributed by atoms with E-state index in [4.69, 9.17) is 0 Å². The van der Waals surface area contributed by atoms with E-state index in [-0.39, 0.29) is 23.9 Å². The van der Waals surface area contributed by atoms with Crippen LogP contribution in [0.1, 0.15) is 30.1 Å². The molecule has 0 saturated carbocycles. The maximum Gasteiger partial charge on any atom is 0.257 e. The Balaban J connectivity index is 1.33. The van der Waals surface area contributed by atoms with Crippen molar-refractivity contribution >= 4 is 23.5 Å². The van der Waals surface area contributed by atoms with Crippen molar-refractivity contribution in [2.75, 3.05) is 11.1 Å². The van der Waals surface area contributed by atoms with E-state index in [0.29, 0.717) is 17.4 Å². The van der Waals surface area contributed by atoms with Crippen LogP contribution in [0.2, 0.25) is 0 Å². The van der Waals surface area contributed by atoms with Gasteiger partial charge in [0, 0.05) is 36.2 Å². The summed E-state index contributed by atoms with van der Waals surface area (Å²) in [7, 11) is 0. The van der Waals surface area contributed by atoms with Crippen molar-refractivity contribution in [1.82, 2.24) is 29.1 Å². The summed E-state index contributed by atoms with van der Waals surface area (Å²) in [6.07, 6.45) is 9.26. The Kier molecular flexibility index (Phi) is 4.19. The van der Waals surface area contributed by atoms with Gasteiger partial charge >= 0.3 is 0 Å². The first-order chi connectivity index (χ1) is 13.7. The predicted molar refractivity (Wildman–Crippen MR) is 103 cm³/mol. The van der Waals surface area contributed by atoms with E-state index in [0.717, 1.165) is 35.7 Å². The summed E-state index contributed by atoms with van der Waals surface area (Å²) in [5.41, 5.74) is 1.77. The van der Waals surface area contributed by atoms with Gasteiger partial charge in [-0.25, -0.2) is 19.9 Å². The lowest BCUT2D eigenvalue weighted by molar-refractivity contribution is -0.116. The SMILES string of the molecule is O=C(CC1CSc2nc3c(c(=O)n21)CCC3)Nc1cc(-n2ccnc2)ncn1. The van der Waals surface area contributed by atoms with Gasteiger partial charge in [-0.1, -0.05) is 11.8 Å². The van der Waals surface area contributed by atoms with Crippen molar-refractivity contribution in [2.45, 2.75) is 36.9 Å². The van der Waals surface area contributed by atoms with Crippen LogP contribution in [0.3, 0.4) is 0 Å². The number of carbonyl (C=O) groups is 1. The Hall–Kier alpha value is -3.01. The number of anilines is 1. The normalized spacial score (nSPS) is 17.4. The van der Waals surface area contributed by atoms with Crippen LogP contribution in [0, 0.1) is 0 Å². The van der Waals surface area contributed by atoms with Gasteiger partial charge in [0.05, 0.1) is 11.7 Å². The minimum atomic E-state index is -0.194. The van der Waals surface area contributed by atoms with Crippen LogP contribution >= 0.6 is 11.8 Å². The molecule has 0 spiro atoms. The summed E-state index contributed by atoms with van der Waals surface area (Å²) in [6, 6.07) is 1.48. The van der Waals surface area contributed by atoms with Gasteiger partial charge in [0.2, 0.25) is 5.91 Å². The van der Waals surface area contributed by atoms with Crippen LogP contribution in [0.4, 0.5) is 5.82 Å². The number of hydrogen-bond acceptors (Lipinski definition) is 7. The lowest BCUT2D eigenvalue weighted by Gasteiger charge is -2.14. The van der Waals surface area contributed by atoms with Gasteiger partial charge < -0.3 is 5.32 Å². The minimum absolute atomic E-state index is 0.0183. The first-order valence-electron chi connectivity index (χ1n) is 9.06. The molecule has 28 heavy (non-hydrogen) atoms. The molecule has 1 amide bonds. The van der Waals surface area contributed by atoms with Gasteiger partial charge in [-0.3, -0.25) is 18.7 Å². The third kappa shape index (κ3) is 2.99. The second-order valence-corrected chi connectivity index (χ2v) is 7.78. The van der Waals surface area contributed by atoms with E-state index in [2.05, 4.69) is 25.3 Å². The van der Waals surface area contributed by atoms with Crippen molar-refractivity contribution in [2.24, 2.45) is 0 Å². The molecule has 5 rings (SSSR count). The van der Waals surface area contributed by atoms with Gasteiger partial charge in [0.15, 0.2) is 5.16 Å². The number of nitrogens with zero attached hydrogens (tertiary/aromatic N) is 6. The highest BCUT2D eigenvalue weighted by molar-refractivity contribution is 7.99. The molecule has 10 heteroatoms. The number of aryl methyl sites for hydroxylation is 1. The Morgan fingerprint density at radius 1 is 1.32 bits per heavy atom. The first-order valence-corrected chi connectivity index (χ1v) is 10.0. The fourth-order valence-corrected chi connectivity index (χ4v) is 4.82. The summed E-state index contributed by atoms with van der Waals surface area (Å²) in [6.45, 7) is 0. The molecule has 0 radical (unpaired) electrons. The maximum absolute atomic E-state index is 12.8. The van der Waals surface area contributed by atoms with Crippen molar-refractivity contribution in [1.29, 1.82) is 0 Å². The molecule has 0 aromatic carbocycles. The molecule has 1 unspecified atom stereocenters. The highest BCUT2D eigenvalue weighted by Crippen LogP contribution is 2.34. The molecule has 3 aromatic rings. The summed E-state index contributed by atoms with van der Waals surface area (Å²) >= 11 is 1.54. The summed E-state index contributed by atoms with van der Waals surface area (Å²) < 4.78 is 3.43. The molecule has 0 saturated heterocycles. The van der Waals surface area contributed by atoms with Crippen LogP contribution in [-0.2, 0) is 17.6 Å². The highest BCUT2D eigenvalue weighted by atomic mass is 32.2. The molecule has 142 valence electrons. The van der Waals surface area contributed by atoms with Crippen LogP contribution in [0.5, 0.6) is 0 Å². The van der Waals surface area contributed by atoms with Crippen molar-refractivity contribution in [3.05, 3.63) is 52.7 Å². The molecule has 1 aliphatic carbocycles. The molecular weight excluding hydrogens is 378 g/mol. The fourth-order valence-electron chi connectivity index (χ4n) is 3.66. The number of carbonyl (C=O) groups excluding carboxylic acids is 1. The van der Waals surface area contributed by atoms with Gasteiger partial charge in [-0.05, 0) is 19.3 Å². The summed E-state index contributed by atoms with van der Waals surface area (Å²) in [5, 5.41) is 3.53. The van der Waals surface area contributed by atoms with E-state index in [1.165, 1.54) is 6.33 Å². The number of nitrogens with one attached hydrogen (secondary N) is 1. The monoisotopic (exact) mass is 395 g/mol. The third-order valence-corrected chi connectivity index (χ3v) is 6.08. The highest BCUT2D eigenvalue weighted by Gasteiger charge is 2.31. The van der Waals surface area contributed by atoms with E-state index in [1.54, 1.807) is 45.7 Å². The zero-order chi connectivity index (χ0) is 19.1. The lowest BCUT2D eigenvalue weighted by Crippen LogP contribution is -2.30. The minimum Gasteiger partial charge on any atom is -0.310 e. The number of fused-ring (bicyclic) bond motifs is 2. The average Bonchev–Trinajstić information content (AvgIpc) is 3.43. The second kappa shape index (κ2) is 6.86. The zero-order valence-corrected chi connectivity index (χ0v) is 15.7. The van der Waals surface area contributed by atoms with Gasteiger partial charge in [-0.15, -0.1) is 0 Å². The quantitative estimate of drug-likeness (QED) is 0.665. The first kappa shape index (κ1) is 17.1. The van der Waals surface area contributed by atoms with Crippen LogP contribution in [0.15, 0.2) is 41.1 Å². The van der Waals surface area contributed by atoms with Crippen molar-refractivity contribution < 1.29 is 4.79 Å². The summed E-state index contributed by atoms with van der Waals surface area (Å²) in [5.74, 6) is 1.50. The number of rotatable bonds is 4. The smallest absolute Gasteiger partial charge is 0.257 e. The number of hydrogen-bond donors (Lipinski definition) is 1. The van der Waals surface area contributed by atoms with E-state index < -0.39 is 0 Å². The maximum atomic E-state index is 12.8. The van der Waals surface area contributed by atoms with Gasteiger partial charge in [0.25, 0.3) is 5.56 Å². The number of imidazole rings is 1. The molecule has 1 aliphatic heterocycles. The predicted octanol–water partition coefficient (Wildman–Crippen LogP) is 1.38. The lowest BCUT2D eigenvalue weighted by atomic mass is 10.2. The standard InChI is InChI=1S/C18H17N7O2S/c26-16(23-14-7-15(21-9-20-14)24-5-4-19-10-24)6-11-8-28-18-22-13-3-1-2-12(13)17(27)25(11)18/h4-5,7,9-11H,1-3,6,8H2,(H,20,21,23,26). The molecule has 1 atom stereocenters. The zero-order valence-electron chi connectivity index (χ0n) is 14.9.